The summed E-state index contributed by atoms with van der Waals surface area (Å²) >= 11 is 1.06. The van der Waals surface area contributed by atoms with Crippen LogP contribution in [0.1, 0.15) is 12.7 Å². The van der Waals surface area contributed by atoms with E-state index in [4.69, 9.17) is 0 Å². The largest absolute Gasteiger partial charge is 0.452 e. The SMILES string of the molecule is CC(O)CSc1nc2ccc(F)cc2n2c(C(F)(F)F)nnc12. The Bertz CT molecular complexity index is 878. The van der Waals surface area contributed by atoms with Gasteiger partial charge in [-0.3, -0.25) is 4.40 Å². The standard InChI is InChI=1S/C13H10F4N4OS/c1-6(22)5-23-11-10-19-20-12(13(15,16)17)21(10)9-4-7(14)2-3-8(9)18-11/h2-4,6,22H,5H2,1H3. The van der Waals surface area contributed by atoms with E-state index >= 15 is 0 Å². The number of fused-ring (bicyclic) bond motifs is 3. The molecule has 3 rings (SSSR count). The van der Waals surface area contributed by atoms with Crippen LogP contribution in [-0.2, 0) is 6.18 Å². The van der Waals surface area contributed by atoms with Gasteiger partial charge in [-0.15, -0.1) is 10.2 Å². The molecule has 0 saturated heterocycles. The zero-order valence-electron chi connectivity index (χ0n) is 11.7. The predicted octanol–water partition coefficient (Wildman–Crippen LogP) is 2.91. The molecule has 0 spiro atoms. The number of nitrogens with zero attached hydrogens (tertiary/aromatic N) is 4. The molecule has 5 nitrogen and oxygen atoms in total. The Morgan fingerprint density at radius 3 is 2.70 bits per heavy atom. The van der Waals surface area contributed by atoms with Crippen molar-refractivity contribution < 1.29 is 22.7 Å². The van der Waals surface area contributed by atoms with Gasteiger partial charge in [0.15, 0.2) is 5.65 Å². The number of benzene rings is 1. The maximum absolute atomic E-state index is 13.5. The zero-order valence-corrected chi connectivity index (χ0v) is 12.5. The van der Waals surface area contributed by atoms with Crippen LogP contribution in [0.2, 0.25) is 0 Å². The Balaban J connectivity index is 2.33. The quantitative estimate of drug-likeness (QED) is 0.584. The first-order chi connectivity index (χ1) is 10.8. The maximum Gasteiger partial charge on any atom is 0.452 e. The molecule has 2 aromatic heterocycles. The third-order valence-electron chi connectivity index (χ3n) is 2.97. The summed E-state index contributed by atoms with van der Waals surface area (Å²) in [4.78, 5) is 4.21. The Kier molecular flexibility index (Phi) is 3.88. The summed E-state index contributed by atoms with van der Waals surface area (Å²) in [6.07, 6.45) is -5.41. The lowest BCUT2D eigenvalue weighted by atomic mass is 10.3. The van der Waals surface area contributed by atoms with Crippen molar-refractivity contribution in [1.82, 2.24) is 19.6 Å². The smallest absolute Gasteiger partial charge is 0.393 e. The Labute approximate surface area is 131 Å². The first-order valence-corrected chi connectivity index (χ1v) is 7.48. The van der Waals surface area contributed by atoms with E-state index < -0.39 is 23.9 Å². The number of hydrogen-bond donors (Lipinski definition) is 1. The highest BCUT2D eigenvalue weighted by Gasteiger charge is 2.38. The van der Waals surface area contributed by atoms with Crippen LogP contribution in [0.5, 0.6) is 0 Å². The van der Waals surface area contributed by atoms with E-state index in [9.17, 15) is 22.7 Å². The van der Waals surface area contributed by atoms with Crippen molar-refractivity contribution in [3.8, 4) is 0 Å². The van der Waals surface area contributed by atoms with Gasteiger partial charge in [0.25, 0.3) is 0 Å². The van der Waals surface area contributed by atoms with Crippen LogP contribution < -0.4 is 0 Å². The van der Waals surface area contributed by atoms with E-state index in [1.54, 1.807) is 6.92 Å². The molecule has 122 valence electrons. The van der Waals surface area contributed by atoms with Crippen molar-refractivity contribution >= 4 is 28.4 Å². The minimum absolute atomic E-state index is 0.0706. The minimum Gasteiger partial charge on any atom is -0.393 e. The van der Waals surface area contributed by atoms with Gasteiger partial charge in [0.2, 0.25) is 5.82 Å². The molecule has 0 aliphatic heterocycles. The number of aliphatic hydroxyl groups is 1. The maximum atomic E-state index is 13.5. The van der Waals surface area contributed by atoms with Crippen LogP contribution in [0, 0.1) is 5.82 Å². The Morgan fingerprint density at radius 2 is 2.04 bits per heavy atom. The predicted molar refractivity (Wildman–Crippen MR) is 75.7 cm³/mol. The molecule has 2 heterocycles. The van der Waals surface area contributed by atoms with Gasteiger partial charge >= 0.3 is 6.18 Å². The lowest BCUT2D eigenvalue weighted by molar-refractivity contribution is -0.145. The Hall–Kier alpha value is -1.94. The number of thioether (sulfide) groups is 1. The van der Waals surface area contributed by atoms with E-state index in [2.05, 4.69) is 15.2 Å². The van der Waals surface area contributed by atoms with Crippen LogP contribution in [-0.4, -0.2) is 36.5 Å². The summed E-state index contributed by atoms with van der Waals surface area (Å²) < 4.78 is 53.6. The first-order valence-electron chi connectivity index (χ1n) is 6.50. The van der Waals surface area contributed by atoms with Crippen molar-refractivity contribution in [2.24, 2.45) is 0 Å². The van der Waals surface area contributed by atoms with E-state index in [0.29, 0.717) is 0 Å². The van der Waals surface area contributed by atoms with Gasteiger partial charge in [-0.1, -0.05) is 11.8 Å². The lowest BCUT2D eigenvalue weighted by Crippen LogP contribution is -2.12. The van der Waals surface area contributed by atoms with Crippen molar-refractivity contribution in [3.05, 3.63) is 29.8 Å². The molecule has 23 heavy (non-hydrogen) atoms. The molecule has 3 aromatic rings. The Morgan fingerprint density at radius 1 is 1.30 bits per heavy atom. The molecule has 10 heteroatoms. The van der Waals surface area contributed by atoms with Crippen molar-refractivity contribution in [2.75, 3.05) is 5.75 Å². The summed E-state index contributed by atoms with van der Waals surface area (Å²) in [5, 5.41) is 16.3. The molecule has 1 aromatic carbocycles. The van der Waals surface area contributed by atoms with Crippen molar-refractivity contribution in [1.29, 1.82) is 0 Å². The molecule has 0 radical (unpaired) electrons. The topological polar surface area (TPSA) is 63.3 Å². The second-order valence-corrected chi connectivity index (χ2v) is 5.90. The van der Waals surface area contributed by atoms with Crippen LogP contribution in [0.3, 0.4) is 0 Å². The molecule has 1 N–H and O–H groups in total. The fraction of sp³-hybridized carbons (Fsp3) is 0.308. The van der Waals surface area contributed by atoms with Crippen molar-refractivity contribution in [3.63, 3.8) is 0 Å². The fourth-order valence-corrected chi connectivity index (χ4v) is 2.88. The van der Waals surface area contributed by atoms with E-state index in [1.807, 2.05) is 0 Å². The van der Waals surface area contributed by atoms with Gasteiger partial charge in [-0.25, -0.2) is 9.37 Å². The summed E-state index contributed by atoms with van der Waals surface area (Å²) in [6, 6.07) is 3.36. The third-order valence-corrected chi connectivity index (χ3v) is 4.17. The number of halogens is 4. The average Bonchev–Trinajstić information content (AvgIpc) is 2.90. The van der Waals surface area contributed by atoms with Gasteiger partial charge in [0.05, 0.1) is 17.1 Å². The summed E-state index contributed by atoms with van der Waals surface area (Å²) in [5.41, 5.74) is -0.0166. The molecule has 0 bridgehead atoms. The highest BCUT2D eigenvalue weighted by molar-refractivity contribution is 7.99. The average molecular weight is 346 g/mol. The van der Waals surface area contributed by atoms with Crippen LogP contribution in [0.25, 0.3) is 16.7 Å². The van der Waals surface area contributed by atoms with Crippen molar-refractivity contribution in [2.45, 2.75) is 24.2 Å². The van der Waals surface area contributed by atoms with E-state index in [0.717, 1.165) is 28.3 Å². The number of rotatable bonds is 3. The number of aromatic nitrogens is 4. The lowest BCUT2D eigenvalue weighted by Gasteiger charge is -2.10. The van der Waals surface area contributed by atoms with Gasteiger partial charge in [-0.05, 0) is 19.1 Å². The molecule has 1 atom stereocenters. The second-order valence-electron chi connectivity index (χ2n) is 4.89. The van der Waals surface area contributed by atoms with Gasteiger partial charge < -0.3 is 5.11 Å². The van der Waals surface area contributed by atoms with Crippen LogP contribution in [0.4, 0.5) is 17.6 Å². The number of hydrogen-bond acceptors (Lipinski definition) is 5. The molecule has 0 amide bonds. The minimum atomic E-state index is -4.74. The first kappa shape index (κ1) is 15.9. The molecule has 0 aliphatic rings. The fourth-order valence-electron chi connectivity index (χ4n) is 2.06. The highest BCUT2D eigenvalue weighted by Crippen LogP contribution is 2.33. The van der Waals surface area contributed by atoms with Crippen LogP contribution >= 0.6 is 11.8 Å². The highest BCUT2D eigenvalue weighted by atomic mass is 32.2. The van der Waals surface area contributed by atoms with Gasteiger partial charge in [0, 0.05) is 11.8 Å². The van der Waals surface area contributed by atoms with E-state index in [1.165, 1.54) is 6.07 Å². The second kappa shape index (κ2) is 5.60. The normalized spacial score (nSPS) is 13.8. The number of aliphatic hydroxyl groups excluding tert-OH is 1. The number of alkyl halides is 3. The molecule has 0 fully saturated rings. The molecule has 0 aliphatic carbocycles. The monoisotopic (exact) mass is 346 g/mol. The summed E-state index contributed by atoms with van der Waals surface area (Å²) in [6.45, 7) is 1.55. The van der Waals surface area contributed by atoms with Gasteiger partial charge in [-0.2, -0.15) is 13.2 Å². The molecule has 1 unspecified atom stereocenters. The third kappa shape index (κ3) is 2.95. The zero-order chi connectivity index (χ0) is 16.8. The van der Waals surface area contributed by atoms with Crippen LogP contribution in [0.15, 0.2) is 23.2 Å². The molecular formula is C13H10F4N4OS. The summed E-state index contributed by atoms with van der Waals surface area (Å²) in [5.74, 6) is -1.71. The molecular weight excluding hydrogens is 336 g/mol. The molecule has 0 saturated carbocycles. The van der Waals surface area contributed by atoms with E-state index in [-0.39, 0.29) is 27.5 Å². The summed E-state index contributed by atoms with van der Waals surface area (Å²) in [7, 11) is 0. The van der Waals surface area contributed by atoms with Gasteiger partial charge in [0.1, 0.15) is 10.8 Å².